The van der Waals surface area contributed by atoms with Gasteiger partial charge in [-0.15, -0.1) is 0 Å². The molecule has 0 unspecified atom stereocenters. The lowest BCUT2D eigenvalue weighted by atomic mass is 10.1. The van der Waals surface area contributed by atoms with Crippen molar-refractivity contribution in [3.05, 3.63) is 54.1 Å². The largest absolute Gasteiger partial charge is 0.378 e. The molecule has 5 nitrogen and oxygen atoms in total. The lowest BCUT2D eigenvalue weighted by Crippen LogP contribution is -2.40. The molecule has 0 fully saturated rings. The van der Waals surface area contributed by atoms with E-state index in [0.29, 0.717) is 18.7 Å². The Kier molecular flexibility index (Phi) is 3.05. The van der Waals surface area contributed by atoms with Gasteiger partial charge in [-0.05, 0) is 5.56 Å². The van der Waals surface area contributed by atoms with Crippen LogP contribution in [0.3, 0.4) is 0 Å². The summed E-state index contributed by atoms with van der Waals surface area (Å²) < 4.78 is 2.03. The fourth-order valence-electron chi connectivity index (χ4n) is 2.32. The maximum Gasteiger partial charge on any atom is 0.256 e. The third kappa shape index (κ3) is 2.24. The number of aromatic nitrogens is 2. The molecule has 19 heavy (non-hydrogen) atoms. The molecule has 1 atom stereocenters. The molecule has 0 bridgehead atoms. The van der Waals surface area contributed by atoms with Gasteiger partial charge in [-0.2, -0.15) is 0 Å². The molecule has 2 heterocycles. The van der Waals surface area contributed by atoms with Gasteiger partial charge in [0.2, 0.25) is 0 Å². The van der Waals surface area contributed by atoms with Gasteiger partial charge in [0.25, 0.3) is 5.91 Å². The second kappa shape index (κ2) is 4.85. The number of nitrogens with zero attached hydrogens (tertiary/aromatic N) is 3. The van der Waals surface area contributed by atoms with Crippen LogP contribution in [0.2, 0.25) is 0 Å². The van der Waals surface area contributed by atoms with Crippen LogP contribution in [-0.2, 0) is 17.9 Å². The van der Waals surface area contributed by atoms with Crippen LogP contribution in [0.25, 0.3) is 0 Å². The molecule has 0 saturated heterocycles. The Hall–Kier alpha value is -2.14. The van der Waals surface area contributed by atoms with Crippen LogP contribution in [0, 0.1) is 0 Å². The van der Waals surface area contributed by atoms with Crippen molar-refractivity contribution in [1.82, 2.24) is 14.5 Å². The molecule has 3 rings (SSSR count). The average molecular weight is 257 g/mol. The third-order valence-corrected chi connectivity index (χ3v) is 3.42. The molecule has 1 aliphatic heterocycles. The number of benzene rings is 1. The number of aliphatic hydroxyl groups is 1. The second-order valence-electron chi connectivity index (χ2n) is 4.65. The highest BCUT2D eigenvalue weighted by Gasteiger charge is 2.26. The molecular formula is C14H15N3O2. The number of imidazole rings is 1. The number of aliphatic hydroxyl groups excluding tert-OH is 1. The van der Waals surface area contributed by atoms with Gasteiger partial charge in [-0.1, -0.05) is 30.3 Å². The number of carbonyl (C=O) groups is 1. The Morgan fingerprint density at radius 3 is 2.84 bits per heavy atom. The van der Waals surface area contributed by atoms with Crippen molar-refractivity contribution in [2.24, 2.45) is 0 Å². The van der Waals surface area contributed by atoms with Crippen LogP contribution in [0.15, 0.2) is 42.9 Å². The Balaban J connectivity index is 1.75. The molecular weight excluding hydrogens is 242 g/mol. The van der Waals surface area contributed by atoms with Crippen LogP contribution < -0.4 is 0 Å². The number of amides is 1. The van der Waals surface area contributed by atoms with E-state index in [2.05, 4.69) is 4.98 Å². The molecule has 0 aliphatic carbocycles. The topological polar surface area (TPSA) is 58.4 Å². The molecule has 98 valence electrons. The number of fused-ring (bicyclic) bond motifs is 1. The monoisotopic (exact) mass is 257 g/mol. The summed E-state index contributed by atoms with van der Waals surface area (Å²) in [5.74, 6) is -0.251. The van der Waals surface area contributed by atoms with Gasteiger partial charge in [0.1, 0.15) is 0 Å². The molecule has 1 aliphatic rings. The quantitative estimate of drug-likeness (QED) is 0.871. The summed E-state index contributed by atoms with van der Waals surface area (Å²) in [5.41, 5.74) is 1.63. The molecule has 1 aromatic carbocycles. The summed E-state index contributed by atoms with van der Waals surface area (Å²) in [6, 6.07) is 9.02. The molecule has 0 spiro atoms. The van der Waals surface area contributed by atoms with Crippen molar-refractivity contribution >= 4 is 5.91 Å². The summed E-state index contributed by atoms with van der Waals surface area (Å²) in [5, 5.41) is 10.1. The first-order chi connectivity index (χ1) is 9.25. The van der Waals surface area contributed by atoms with E-state index in [9.17, 15) is 9.90 Å². The molecule has 2 aromatic rings. The molecule has 1 aromatic heterocycles. The fraction of sp³-hybridized carbons (Fsp3) is 0.286. The van der Waals surface area contributed by atoms with Crippen molar-refractivity contribution in [2.45, 2.75) is 19.2 Å². The van der Waals surface area contributed by atoms with Gasteiger partial charge in [-0.3, -0.25) is 4.79 Å². The second-order valence-corrected chi connectivity index (χ2v) is 4.65. The zero-order valence-corrected chi connectivity index (χ0v) is 10.4. The van der Waals surface area contributed by atoms with Gasteiger partial charge in [0.15, 0.2) is 6.10 Å². The maximum atomic E-state index is 12.3. The Bertz CT molecular complexity index is 579. The summed E-state index contributed by atoms with van der Waals surface area (Å²) in [6.07, 6.45) is 2.44. The predicted octanol–water partition coefficient (Wildman–Crippen LogP) is 0.959. The molecule has 1 N–H and O–H groups in total. The summed E-state index contributed by atoms with van der Waals surface area (Å²) in [4.78, 5) is 18.0. The maximum absolute atomic E-state index is 12.3. The highest BCUT2D eigenvalue weighted by Crippen LogP contribution is 2.19. The third-order valence-electron chi connectivity index (χ3n) is 3.42. The Morgan fingerprint density at radius 1 is 1.26 bits per heavy atom. The Labute approximate surface area is 111 Å². The standard InChI is InChI=1S/C14H15N3O2/c18-13(11-4-2-1-3-5-11)14(19)16-6-7-17-10-15-8-12(17)9-16/h1-5,8,10,13,18H,6-7,9H2/t13-/m1/s1. The number of hydrogen-bond donors (Lipinski definition) is 1. The number of carbonyl (C=O) groups excluding carboxylic acids is 1. The minimum absolute atomic E-state index is 0.251. The van der Waals surface area contributed by atoms with E-state index in [4.69, 9.17) is 0 Å². The van der Waals surface area contributed by atoms with Gasteiger partial charge < -0.3 is 14.6 Å². The van der Waals surface area contributed by atoms with Crippen molar-refractivity contribution in [3.8, 4) is 0 Å². The van der Waals surface area contributed by atoms with E-state index in [-0.39, 0.29) is 5.91 Å². The lowest BCUT2D eigenvalue weighted by molar-refractivity contribution is -0.142. The zero-order chi connectivity index (χ0) is 13.2. The Morgan fingerprint density at radius 2 is 2.05 bits per heavy atom. The van der Waals surface area contributed by atoms with Gasteiger partial charge in [-0.25, -0.2) is 4.98 Å². The summed E-state index contributed by atoms with van der Waals surface area (Å²) >= 11 is 0. The minimum atomic E-state index is -1.09. The van der Waals surface area contributed by atoms with Crippen LogP contribution in [-0.4, -0.2) is 32.0 Å². The smallest absolute Gasteiger partial charge is 0.256 e. The van der Waals surface area contributed by atoms with Gasteiger partial charge in [0, 0.05) is 19.3 Å². The van der Waals surface area contributed by atoms with E-state index in [1.165, 1.54) is 0 Å². The number of hydrogen-bond acceptors (Lipinski definition) is 3. The van der Waals surface area contributed by atoms with Crippen molar-refractivity contribution in [3.63, 3.8) is 0 Å². The summed E-state index contributed by atoms with van der Waals surface area (Å²) in [7, 11) is 0. The van der Waals surface area contributed by atoms with E-state index in [0.717, 1.165) is 12.2 Å². The van der Waals surface area contributed by atoms with Crippen LogP contribution >= 0.6 is 0 Å². The van der Waals surface area contributed by atoms with Crippen LogP contribution in [0.4, 0.5) is 0 Å². The van der Waals surface area contributed by atoms with Crippen molar-refractivity contribution < 1.29 is 9.90 Å². The molecule has 0 radical (unpaired) electrons. The van der Waals surface area contributed by atoms with Crippen molar-refractivity contribution in [2.75, 3.05) is 6.54 Å². The van der Waals surface area contributed by atoms with E-state index in [1.54, 1.807) is 29.6 Å². The highest BCUT2D eigenvalue weighted by atomic mass is 16.3. The SMILES string of the molecule is O=C([C@H](O)c1ccccc1)N1CCn2cncc2C1. The first kappa shape index (κ1) is 11.9. The molecule has 0 saturated carbocycles. The minimum Gasteiger partial charge on any atom is -0.378 e. The van der Waals surface area contributed by atoms with E-state index >= 15 is 0 Å². The van der Waals surface area contributed by atoms with E-state index < -0.39 is 6.10 Å². The zero-order valence-electron chi connectivity index (χ0n) is 10.4. The van der Waals surface area contributed by atoms with Gasteiger partial charge >= 0.3 is 0 Å². The van der Waals surface area contributed by atoms with Gasteiger partial charge in [0.05, 0.1) is 18.6 Å². The van der Waals surface area contributed by atoms with Crippen LogP contribution in [0.5, 0.6) is 0 Å². The van der Waals surface area contributed by atoms with E-state index in [1.807, 2.05) is 22.8 Å². The van der Waals surface area contributed by atoms with Crippen LogP contribution in [0.1, 0.15) is 17.4 Å². The molecule has 1 amide bonds. The first-order valence-corrected chi connectivity index (χ1v) is 6.26. The molecule has 5 heteroatoms. The summed E-state index contributed by atoms with van der Waals surface area (Å²) in [6.45, 7) is 1.83. The lowest BCUT2D eigenvalue weighted by Gasteiger charge is -2.29. The number of rotatable bonds is 2. The fourth-order valence-corrected chi connectivity index (χ4v) is 2.32. The predicted molar refractivity (Wildman–Crippen MR) is 69.0 cm³/mol. The van der Waals surface area contributed by atoms with Crippen molar-refractivity contribution in [1.29, 1.82) is 0 Å². The first-order valence-electron chi connectivity index (χ1n) is 6.26. The average Bonchev–Trinajstić information content (AvgIpc) is 2.94. The highest BCUT2D eigenvalue weighted by molar-refractivity contribution is 5.82. The normalized spacial score (nSPS) is 15.9.